The Morgan fingerprint density at radius 3 is 2.36 bits per heavy atom. The number of benzene rings is 1. The quantitative estimate of drug-likeness (QED) is 0.488. The zero-order chi connectivity index (χ0) is 17.7. The lowest BCUT2D eigenvalue weighted by Gasteiger charge is -2.21. The van der Waals surface area contributed by atoms with Gasteiger partial charge in [-0.1, -0.05) is 50.6 Å². The van der Waals surface area contributed by atoms with Gasteiger partial charge in [-0.3, -0.25) is 0 Å². The molecular formula is C17H26N2O2S. The van der Waals surface area contributed by atoms with Gasteiger partial charge in [0.05, 0.1) is 6.27 Å². The summed E-state index contributed by atoms with van der Waals surface area (Å²) in [4.78, 5) is 2.46. The standard InChI is InChI=1S/C17H26N2O2S/c1-13-7-11-16(12-8-13)22(20,21)19-18-15(3)10-9-14(2)17(4,5)6/h7-8,11-12,19H,2,9-10H2,1,3-6H3/b18-15+/i2D/b14-2?,18-15+. The van der Waals surface area contributed by atoms with E-state index in [0.29, 0.717) is 18.6 Å². The number of aryl methyl sites for hydroxylation is 1. The van der Waals surface area contributed by atoms with E-state index in [1.54, 1.807) is 31.2 Å². The Balaban J connectivity index is 2.71. The van der Waals surface area contributed by atoms with E-state index in [-0.39, 0.29) is 10.3 Å². The molecule has 0 fully saturated rings. The van der Waals surface area contributed by atoms with Crippen LogP contribution in [0.1, 0.15) is 47.5 Å². The van der Waals surface area contributed by atoms with Crippen LogP contribution in [-0.2, 0) is 10.0 Å². The van der Waals surface area contributed by atoms with Gasteiger partial charge in [-0.25, -0.2) is 4.83 Å². The lowest BCUT2D eigenvalue weighted by Crippen LogP contribution is -2.20. The molecule has 22 heavy (non-hydrogen) atoms. The summed E-state index contributed by atoms with van der Waals surface area (Å²) in [5.74, 6) is 0. The summed E-state index contributed by atoms with van der Waals surface area (Å²) in [5, 5.41) is 3.97. The van der Waals surface area contributed by atoms with E-state index in [0.717, 1.165) is 11.1 Å². The number of nitrogens with zero attached hydrogens (tertiary/aromatic N) is 1. The smallest absolute Gasteiger partial charge is 0.200 e. The summed E-state index contributed by atoms with van der Waals surface area (Å²) >= 11 is 0. The van der Waals surface area contributed by atoms with Crippen molar-refractivity contribution in [3.05, 3.63) is 42.0 Å². The highest BCUT2D eigenvalue weighted by Crippen LogP contribution is 2.27. The van der Waals surface area contributed by atoms with E-state index in [4.69, 9.17) is 1.37 Å². The van der Waals surface area contributed by atoms with Crippen molar-refractivity contribution in [3.63, 3.8) is 0 Å². The minimum Gasteiger partial charge on any atom is -0.200 e. The zero-order valence-electron chi connectivity index (χ0n) is 15.0. The van der Waals surface area contributed by atoms with Gasteiger partial charge in [0, 0.05) is 5.71 Å². The average Bonchev–Trinajstić information content (AvgIpc) is 2.45. The van der Waals surface area contributed by atoms with E-state index in [1.807, 2.05) is 6.92 Å². The van der Waals surface area contributed by atoms with Gasteiger partial charge in [0.1, 0.15) is 0 Å². The molecule has 0 aliphatic carbocycles. The summed E-state index contributed by atoms with van der Waals surface area (Å²) in [6.45, 7) is 11.2. The molecular weight excluding hydrogens is 296 g/mol. The van der Waals surface area contributed by atoms with Crippen LogP contribution in [0.4, 0.5) is 0 Å². The topological polar surface area (TPSA) is 58.5 Å². The van der Waals surface area contributed by atoms with Crippen LogP contribution in [0.2, 0.25) is 0 Å². The molecule has 0 heterocycles. The summed E-state index contributed by atoms with van der Waals surface area (Å²) in [6.07, 6.45) is 1.30. The number of hydrogen-bond acceptors (Lipinski definition) is 3. The van der Waals surface area contributed by atoms with Gasteiger partial charge in [0.2, 0.25) is 0 Å². The summed E-state index contributed by atoms with van der Waals surface area (Å²) in [5.41, 5.74) is 2.63. The van der Waals surface area contributed by atoms with Gasteiger partial charge in [-0.05, 0) is 44.2 Å². The Kier molecular flexibility index (Phi) is 5.40. The molecule has 4 nitrogen and oxygen atoms in total. The molecule has 0 radical (unpaired) electrons. The van der Waals surface area contributed by atoms with Crippen LogP contribution in [-0.4, -0.2) is 14.1 Å². The minimum atomic E-state index is -3.63. The molecule has 0 bridgehead atoms. The minimum absolute atomic E-state index is 0.0660. The number of rotatable bonds is 6. The molecule has 0 atom stereocenters. The van der Waals surface area contributed by atoms with Crippen LogP contribution in [0, 0.1) is 12.3 Å². The number of nitrogens with one attached hydrogen (secondary N) is 1. The third-order valence-electron chi connectivity index (χ3n) is 3.41. The molecule has 0 saturated heterocycles. The molecule has 1 aromatic rings. The third kappa shape index (κ3) is 5.64. The van der Waals surface area contributed by atoms with Gasteiger partial charge in [-0.15, -0.1) is 0 Å². The van der Waals surface area contributed by atoms with Crippen LogP contribution >= 0.6 is 0 Å². The van der Waals surface area contributed by atoms with Crippen molar-refractivity contribution in [1.29, 1.82) is 0 Å². The third-order valence-corrected chi connectivity index (χ3v) is 4.63. The number of hydrogen-bond donors (Lipinski definition) is 1. The van der Waals surface area contributed by atoms with Crippen LogP contribution < -0.4 is 4.83 Å². The van der Waals surface area contributed by atoms with Crippen molar-refractivity contribution in [2.24, 2.45) is 10.5 Å². The fourth-order valence-corrected chi connectivity index (χ4v) is 2.53. The molecule has 0 aliphatic rings. The van der Waals surface area contributed by atoms with Crippen molar-refractivity contribution < 1.29 is 9.79 Å². The molecule has 1 rings (SSSR count). The highest BCUT2D eigenvalue weighted by molar-refractivity contribution is 7.89. The second-order valence-corrected chi connectivity index (χ2v) is 8.19. The van der Waals surface area contributed by atoms with Crippen LogP contribution in [0.15, 0.2) is 46.4 Å². The Bertz CT molecular complexity index is 684. The van der Waals surface area contributed by atoms with Crippen molar-refractivity contribution in [2.75, 3.05) is 0 Å². The predicted octanol–water partition coefficient (Wildman–Crippen LogP) is 4.03. The lowest BCUT2D eigenvalue weighted by atomic mass is 9.84. The predicted molar refractivity (Wildman–Crippen MR) is 92.4 cm³/mol. The van der Waals surface area contributed by atoms with Crippen LogP contribution in [0.3, 0.4) is 0 Å². The highest BCUT2D eigenvalue weighted by Gasteiger charge is 2.15. The molecule has 1 N–H and O–H groups in total. The number of sulfonamides is 1. The van der Waals surface area contributed by atoms with E-state index in [1.165, 1.54) is 6.55 Å². The van der Waals surface area contributed by atoms with Gasteiger partial charge in [-0.2, -0.15) is 13.5 Å². The average molecular weight is 323 g/mol. The first-order valence-electron chi connectivity index (χ1n) is 7.83. The molecule has 0 aromatic heterocycles. The second-order valence-electron chi connectivity index (χ2n) is 6.53. The van der Waals surface area contributed by atoms with E-state index in [2.05, 4.69) is 30.7 Å². The monoisotopic (exact) mass is 323 g/mol. The Labute approximate surface area is 135 Å². The maximum atomic E-state index is 12.1. The normalized spacial score (nSPS) is 14.7. The van der Waals surface area contributed by atoms with E-state index >= 15 is 0 Å². The number of hydrazone groups is 1. The van der Waals surface area contributed by atoms with Crippen molar-refractivity contribution in [1.82, 2.24) is 4.83 Å². The van der Waals surface area contributed by atoms with Crippen molar-refractivity contribution in [2.45, 2.75) is 52.4 Å². The van der Waals surface area contributed by atoms with Gasteiger partial charge in [0.25, 0.3) is 10.0 Å². The molecule has 122 valence electrons. The highest BCUT2D eigenvalue weighted by atomic mass is 32.2. The zero-order valence-corrected chi connectivity index (χ0v) is 14.8. The molecule has 0 saturated carbocycles. The maximum absolute atomic E-state index is 12.1. The SMILES string of the molecule is [2H]C=C(CC/C(C)=N/NS(=O)(=O)c1ccc(C)cc1)C(C)(C)C. The van der Waals surface area contributed by atoms with Gasteiger partial charge < -0.3 is 0 Å². The van der Waals surface area contributed by atoms with Gasteiger partial charge >= 0.3 is 0 Å². The summed E-state index contributed by atoms with van der Waals surface area (Å²) in [6, 6.07) is 6.62. The summed E-state index contributed by atoms with van der Waals surface area (Å²) in [7, 11) is -3.63. The van der Waals surface area contributed by atoms with Crippen molar-refractivity contribution in [3.8, 4) is 0 Å². The first-order chi connectivity index (χ1) is 10.6. The Morgan fingerprint density at radius 2 is 1.86 bits per heavy atom. The fourth-order valence-electron chi connectivity index (χ4n) is 1.65. The summed E-state index contributed by atoms with van der Waals surface area (Å²) < 4.78 is 31.8. The van der Waals surface area contributed by atoms with Crippen LogP contribution in [0.25, 0.3) is 0 Å². The van der Waals surface area contributed by atoms with Crippen molar-refractivity contribution >= 4 is 15.7 Å². The number of allylic oxidation sites excluding steroid dienone is 1. The molecule has 5 heteroatoms. The molecule has 1 aromatic carbocycles. The first kappa shape index (κ1) is 16.7. The Morgan fingerprint density at radius 1 is 1.27 bits per heavy atom. The molecule has 0 aliphatic heterocycles. The molecule has 0 spiro atoms. The van der Waals surface area contributed by atoms with Gasteiger partial charge in [0.15, 0.2) is 0 Å². The second kappa shape index (κ2) is 7.09. The largest absolute Gasteiger partial charge is 0.276 e. The lowest BCUT2D eigenvalue weighted by molar-refractivity contribution is 0.487. The van der Waals surface area contributed by atoms with E-state index in [9.17, 15) is 8.42 Å². The van der Waals surface area contributed by atoms with Crippen LogP contribution in [0.5, 0.6) is 0 Å². The fraction of sp³-hybridized carbons (Fsp3) is 0.471. The van der Waals surface area contributed by atoms with E-state index < -0.39 is 10.0 Å². The Hall–Kier alpha value is -1.62. The molecule has 0 amide bonds. The molecule has 0 unspecified atom stereocenters. The maximum Gasteiger partial charge on any atom is 0.276 e. The first-order valence-corrected chi connectivity index (χ1v) is 8.74.